The van der Waals surface area contributed by atoms with Crippen LogP contribution in [0.4, 0.5) is 0 Å². The van der Waals surface area contributed by atoms with Crippen LogP contribution in [0.15, 0.2) is 18.2 Å². The van der Waals surface area contributed by atoms with Crippen LogP contribution in [0.5, 0.6) is 5.75 Å². The molecule has 0 heterocycles. The highest BCUT2D eigenvalue weighted by Gasteiger charge is 2.28. The van der Waals surface area contributed by atoms with E-state index < -0.39 is 0 Å². The van der Waals surface area contributed by atoms with Crippen molar-refractivity contribution in [2.75, 3.05) is 6.61 Å². The maximum Gasteiger partial charge on any atom is 0.122 e. The second kappa shape index (κ2) is 8.94. The Bertz CT molecular complexity index is 477. The second-order valence-electron chi connectivity index (χ2n) is 8.25. The van der Waals surface area contributed by atoms with E-state index in [-0.39, 0.29) is 23.9 Å². The maximum absolute atomic E-state index is 6.18. The molecule has 1 aromatic carbocycles. The van der Waals surface area contributed by atoms with Crippen LogP contribution in [0.1, 0.15) is 72.4 Å². The van der Waals surface area contributed by atoms with Crippen molar-refractivity contribution in [2.24, 2.45) is 11.1 Å². The predicted octanol–water partition coefficient (Wildman–Crippen LogP) is 5.50. The summed E-state index contributed by atoms with van der Waals surface area (Å²) in [6, 6.07) is 6.85. The first-order valence-corrected chi connectivity index (χ1v) is 8.61. The minimum absolute atomic E-state index is 0. The van der Waals surface area contributed by atoms with Gasteiger partial charge in [-0.25, -0.2) is 0 Å². The molecule has 0 fully saturated rings. The van der Waals surface area contributed by atoms with Gasteiger partial charge in [0, 0.05) is 6.04 Å². The molecule has 2 nitrogen and oxygen atoms in total. The van der Waals surface area contributed by atoms with Crippen LogP contribution in [-0.2, 0) is 11.8 Å². The zero-order valence-electron chi connectivity index (χ0n) is 16.0. The Balaban J connectivity index is 0.00000484. The summed E-state index contributed by atoms with van der Waals surface area (Å²) >= 11 is 0. The fourth-order valence-electron chi connectivity index (χ4n) is 3.31. The van der Waals surface area contributed by atoms with Crippen molar-refractivity contribution in [3.8, 4) is 5.75 Å². The Morgan fingerprint density at radius 2 is 1.70 bits per heavy atom. The standard InChI is InChI=1S/C20H35NO.ClH/c1-8-17(21)13-15-12-16(10-11-18(15)22-9-2)20(6,7)14-19(3,4)5;/h10-12,17H,8-9,13-14,21H2,1-7H3;1H. The van der Waals surface area contributed by atoms with E-state index in [1.54, 1.807) is 0 Å². The van der Waals surface area contributed by atoms with E-state index in [1.165, 1.54) is 11.1 Å². The van der Waals surface area contributed by atoms with Crippen molar-refractivity contribution >= 4 is 12.4 Å². The summed E-state index contributed by atoms with van der Waals surface area (Å²) in [5.41, 5.74) is 9.25. The van der Waals surface area contributed by atoms with Crippen LogP contribution in [0.2, 0.25) is 0 Å². The molecule has 0 aliphatic heterocycles. The van der Waals surface area contributed by atoms with Gasteiger partial charge in [0.1, 0.15) is 5.75 Å². The van der Waals surface area contributed by atoms with Gasteiger partial charge in [0.2, 0.25) is 0 Å². The summed E-state index contributed by atoms with van der Waals surface area (Å²) in [5.74, 6) is 0.988. The van der Waals surface area contributed by atoms with Crippen LogP contribution in [-0.4, -0.2) is 12.6 Å². The third-order valence-corrected chi connectivity index (χ3v) is 4.12. The van der Waals surface area contributed by atoms with Gasteiger partial charge < -0.3 is 10.5 Å². The summed E-state index contributed by atoms with van der Waals surface area (Å²) in [6.07, 6.45) is 3.01. The Kier molecular flexibility index (Phi) is 8.65. The van der Waals surface area contributed by atoms with Crippen LogP contribution in [0, 0.1) is 5.41 Å². The van der Waals surface area contributed by atoms with Crippen molar-refractivity contribution in [3.05, 3.63) is 29.3 Å². The van der Waals surface area contributed by atoms with E-state index >= 15 is 0 Å². The molecule has 1 atom stereocenters. The third kappa shape index (κ3) is 7.14. The third-order valence-electron chi connectivity index (χ3n) is 4.12. The first-order valence-electron chi connectivity index (χ1n) is 8.61. The summed E-state index contributed by atoms with van der Waals surface area (Å²) in [7, 11) is 0. The monoisotopic (exact) mass is 341 g/mol. The Morgan fingerprint density at radius 1 is 1.09 bits per heavy atom. The molecule has 0 spiro atoms. The number of ether oxygens (including phenoxy) is 1. The highest BCUT2D eigenvalue weighted by Crippen LogP contribution is 2.38. The molecule has 1 unspecified atom stereocenters. The maximum atomic E-state index is 6.18. The van der Waals surface area contributed by atoms with Gasteiger partial charge in [-0.2, -0.15) is 0 Å². The molecule has 0 amide bonds. The molecule has 0 aliphatic carbocycles. The average Bonchev–Trinajstić information content (AvgIpc) is 2.38. The SMILES string of the molecule is CCOc1ccc(C(C)(C)CC(C)(C)C)cc1CC(N)CC.Cl. The normalized spacial score (nSPS) is 13.4. The summed E-state index contributed by atoms with van der Waals surface area (Å²) in [5, 5.41) is 0. The Labute approximate surface area is 149 Å². The molecular weight excluding hydrogens is 306 g/mol. The predicted molar refractivity (Wildman–Crippen MR) is 104 cm³/mol. The molecule has 0 aromatic heterocycles. The van der Waals surface area contributed by atoms with Crippen molar-refractivity contribution in [1.82, 2.24) is 0 Å². The molecular formula is C20H36ClNO. The van der Waals surface area contributed by atoms with Gasteiger partial charge in [-0.05, 0) is 54.2 Å². The minimum Gasteiger partial charge on any atom is -0.494 e. The fourth-order valence-corrected chi connectivity index (χ4v) is 3.31. The van der Waals surface area contributed by atoms with E-state index in [4.69, 9.17) is 10.5 Å². The Hall–Kier alpha value is -0.730. The van der Waals surface area contributed by atoms with Crippen molar-refractivity contribution in [3.63, 3.8) is 0 Å². The summed E-state index contributed by atoms with van der Waals surface area (Å²) < 4.78 is 5.80. The number of halogens is 1. The molecule has 0 saturated heterocycles. The smallest absolute Gasteiger partial charge is 0.122 e. The van der Waals surface area contributed by atoms with Crippen LogP contribution >= 0.6 is 12.4 Å². The molecule has 0 bridgehead atoms. The van der Waals surface area contributed by atoms with Crippen molar-refractivity contribution in [1.29, 1.82) is 0 Å². The lowest BCUT2D eigenvalue weighted by Gasteiger charge is -2.33. The van der Waals surface area contributed by atoms with E-state index in [9.17, 15) is 0 Å². The van der Waals surface area contributed by atoms with Gasteiger partial charge in [-0.15, -0.1) is 12.4 Å². The zero-order valence-corrected chi connectivity index (χ0v) is 16.8. The van der Waals surface area contributed by atoms with E-state index in [2.05, 4.69) is 59.7 Å². The molecule has 2 N–H and O–H groups in total. The minimum atomic E-state index is 0. The lowest BCUT2D eigenvalue weighted by Crippen LogP contribution is -2.26. The first kappa shape index (κ1) is 22.3. The largest absolute Gasteiger partial charge is 0.494 e. The zero-order chi connectivity index (χ0) is 17.0. The number of hydrogen-bond donors (Lipinski definition) is 1. The van der Waals surface area contributed by atoms with Gasteiger partial charge in [0.25, 0.3) is 0 Å². The number of benzene rings is 1. The molecule has 23 heavy (non-hydrogen) atoms. The molecule has 3 heteroatoms. The topological polar surface area (TPSA) is 35.2 Å². The van der Waals surface area contributed by atoms with Gasteiger partial charge in [0.15, 0.2) is 0 Å². The van der Waals surface area contributed by atoms with E-state index in [0.29, 0.717) is 12.0 Å². The molecule has 1 aromatic rings. The molecule has 134 valence electrons. The second-order valence-corrected chi connectivity index (χ2v) is 8.25. The highest BCUT2D eigenvalue weighted by atomic mass is 35.5. The van der Waals surface area contributed by atoms with Crippen LogP contribution < -0.4 is 10.5 Å². The molecule has 0 aliphatic rings. The summed E-state index contributed by atoms with van der Waals surface area (Å²) in [4.78, 5) is 0. The van der Waals surface area contributed by atoms with Gasteiger partial charge >= 0.3 is 0 Å². The number of nitrogens with two attached hydrogens (primary N) is 1. The van der Waals surface area contributed by atoms with Crippen LogP contribution in [0.25, 0.3) is 0 Å². The first-order chi connectivity index (χ1) is 10.1. The molecule has 0 saturated carbocycles. The molecule has 1 rings (SSSR count). The lowest BCUT2D eigenvalue weighted by molar-refractivity contribution is 0.283. The lowest BCUT2D eigenvalue weighted by atomic mass is 9.72. The number of rotatable bonds is 7. The average molecular weight is 342 g/mol. The summed E-state index contributed by atoms with van der Waals surface area (Å²) in [6.45, 7) is 16.4. The van der Waals surface area contributed by atoms with Gasteiger partial charge in [-0.3, -0.25) is 0 Å². The highest BCUT2D eigenvalue weighted by molar-refractivity contribution is 5.85. The van der Waals surface area contributed by atoms with E-state index in [1.807, 2.05) is 6.92 Å². The molecule has 0 radical (unpaired) electrons. The van der Waals surface area contributed by atoms with Crippen molar-refractivity contribution in [2.45, 2.75) is 79.2 Å². The van der Waals surface area contributed by atoms with Crippen LogP contribution in [0.3, 0.4) is 0 Å². The van der Waals surface area contributed by atoms with Gasteiger partial charge in [0.05, 0.1) is 6.61 Å². The van der Waals surface area contributed by atoms with E-state index in [0.717, 1.165) is 25.0 Å². The van der Waals surface area contributed by atoms with Crippen molar-refractivity contribution < 1.29 is 4.74 Å². The number of hydrogen-bond acceptors (Lipinski definition) is 2. The fraction of sp³-hybridized carbons (Fsp3) is 0.700. The van der Waals surface area contributed by atoms with Gasteiger partial charge in [-0.1, -0.05) is 53.7 Å². The quantitative estimate of drug-likeness (QED) is 0.710. The Morgan fingerprint density at radius 3 is 2.17 bits per heavy atom.